The van der Waals surface area contributed by atoms with E-state index in [0.717, 1.165) is 12.1 Å². The molecule has 3 aromatic rings. The van der Waals surface area contributed by atoms with Gasteiger partial charge in [-0.25, -0.2) is 0 Å². The molecule has 1 aliphatic rings. The van der Waals surface area contributed by atoms with E-state index >= 15 is 0 Å². The number of alkyl halides is 3. The van der Waals surface area contributed by atoms with Crippen LogP contribution < -0.4 is 4.90 Å². The maximum absolute atomic E-state index is 12.9. The first-order chi connectivity index (χ1) is 12.4. The second kappa shape index (κ2) is 6.01. The zero-order chi connectivity index (χ0) is 18.3. The normalized spacial score (nSPS) is 17.9. The molecule has 2 aromatic heterocycles. The van der Waals surface area contributed by atoms with Crippen LogP contribution in [0.25, 0.3) is 11.7 Å². The molecule has 0 aliphatic carbocycles. The van der Waals surface area contributed by atoms with E-state index in [4.69, 9.17) is 8.94 Å². The molecule has 1 unspecified atom stereocenters. The largest absolute Gasteiger partial charge is 0.459 e. The van der Waals surface area contributed by atoms with Gasteiger partial charge in [0.15, 0.2) is 11.6 Å². The van der Waals surface area contributed by atoms with Crippen LogP contribution in [-0.4, -0.2) is 22.6 Å². The van der Waals surface area contributed by atoms with E-state index in [-0.39, 0.29) is 36.4 Å². The zero-order valence-corrected chi connectivity index (χ0v) is 13.2. The molecule has 0 N–H and O–H groups in total. The quantitative estimate of drug-likeness (QED) is 0.706. The average molecular weight is 363 g/mol. The van der Waals surface area contributed by atoms with Gasteiger partial charge in [-0.05, 0) is 30.3 Å². The summed E-state index contributed by atoms with van der Waals surface area (Å²) in [5, 5.41) is 3.87. The molecule has 26 heavy (non-hydrogen) atoms. The van der Waals surface area contributed by atoms with E-state index < -0.39 is 11.7 Å². The van der Waals surface area contributed by atoms with E-state index in [1.165, 1.54) is 23.3 Å². The number of hydrogen-bond donors (Lipinski definition) is 0. The van der Waals surface area contributed by atoms with Crippen molar-refractivity contribution in [1.82, 2.24) is 10.1 Å². The van der Waals surface area contributed by atoms with E-state index in [1.807, 2.05) is 0 Å². The lowest BCUT2D eigenvalue weighted by atomic mass is 10.1. The lowest BCUT2D eigenvalue weighted by molar-refractivity contribution is -0.137. The fourth-order valence-corrected chi connectivity index (χ4v) is 2.88. The Bertz CT molecular complexity index is 934. The Balaban J connectivity index is 1.56. The lowest BCUT2D eigenvalue weighted by Gasteiger charge is -2.18. The summed E-state index contributed by atoms with van der Waals surface area (Å²) in [5.74, 6) is 0.250. The van der Waals surface area contributed by atoms with Gasteiger partial charge in [0.2, 0.25) is 5.91 Å². The third kappa shape index (κ3) is 2.96. The predicted molar refractivity (Wildman–Crippen MR) is 83.2 cm³/mol. The monoisotopic (exact) mass is 363 g/mol. The number of carbonyl (C=O) groups excluding carboxylic acids is 1. The SMILES string of the molecule is O=C1CC(c2noc(-c3ccco3)n2)CN1c1cccc(C(F)(F)F)c1. The van der Waals surface area contributed by atoms with Crippen LogP contribution in [0.4, 0.5) is 18.9 Å². The minimum absolute atomic E-state index is 0.0906. The summed E-state index contributed by atoms with van der Waals surface area (Å²) in [6.45, 7) is 0.178. The summed E-state index contributed by atoms with van der Waals surface area (Å²) >= 11 is 0. The Morgan fingerprint density at radius 2 is 2.04 bits per heavy atom. The van der Waals surface area contributed by atoms with Crippen molar-refractivity contribution in [3.8, 4) is 11.7 Å². The second-order valence-electron chi connectivity index (χ2n) is 5.89. The Kier molecular flexibility index (Phi) is 3.78. The van der Waals surface area contributed by atoms with Crippen molar-refractivity contribution >= 4 is 11.6 Å². The molecule has 4 rings (SSSR count). The second-order valence-corrected chi connectivity index (χ2v) is 5.89. The van der Waals surface area contributed by atoms with Crippen LogP contribution in [0.5, 0.6) is 0 Å². The Morgan fingerprint density at radius 1 is 1.19 bits per heavy atom. The molecule has 1 saturated heterocycles. The molecule has 1 aromatic carbocycles. The van der Waals surface area contributed by atoms with Gasteiger partial charge in [0.1, 0.15) is 0 Å². The standard InChI is InChI=1S/C17H12F3N3O3/c18-17(19,20)11-3-1-4-12(8-11)23-9-10(7-14(23)24)15-21-16(26-22-15)13-5-2-6-25-13/h1-6,8,10H,7,9H2. The molecule has 1 amide bonds. The highest BCUT2D eigenvalue weighted by Crippen LogP contribution is 2.35. The van der Waals surface area contributed by atoms with Crippen molar-refractivity contribution in [2.24, 2.45) is 0 Å². The van der Waals surface area contributed by atoms with Crippen molar-refractivity contribution in [1.29, 1.82) is 0 Å². The number of hydrogen-bond acceptors (Lipinski definition) is 5. The number of carbonyl (C=O) groups is 1. The van der Waals surface area contributed by atoms with E-state index in [1.54, 1.807) is 12.1 Å². The molecule has 1 fully saturated rings. The third-order valence-electron chi connectivity index (χ3n) is 4.15. The van der Waals surface area contributed by atoms with Crippen LogP contribution in [0.1, 0.15) is 23.7 Å². The van der Waals surface area contributed by atoms with E-state index in [2.05, 4.69) is 10.1 Å². The molecule has 1 atom stereocenters. The minimum atomic E-state index is -4.47. The average Bonchev–Trinajstić information content (AvgIpc) is 3.34. The van der Waals surface area contributed by atoms with Gasteiger partial charge in [0, 0.05) is 24.6 Å². The highest BCUT2D eigenvalue weighted by atomic mass is 19.4. The van der Waals surface area contributed by atoms with Crippen molar-refractivity contribution in [3.05, 3.63) is 54.0 Å². The maximum atomic E-state index is 12.9. The number of benzene rings is 1. The number of nitrogens with zero attached hydrogens (tertiary/aromatic N) is 3. The van der Waals surface area contributed by atoms with Crippen molar-refractivity contribution < 1.29 is 26.9 Å². The van der Waals surface area contributed by atoms with Gasteiger partial charge >= 0.3 is 6.18 Å². The highest BCUT2D eigenvalue weighted by molar-refractivity contribution is 5.96. The predicted octanol–water partition coefficient (Wildman–Crippen LogP) is 3.87. The first-order valence-electron chi connectivity index (χ1n) is 7.77. The minimum Gasteiger partial charge on any atom is -0.459 e. The molecule has 0 bridgehead atoms. The van der Waals surface area contributed by atoms with Gasteiger partial charge in [0.25, 0.3) is 5.89 Å². The number of amides is 1. The zero-order valence-electron chi connectivity index (χ0n) is 13.2. The fraction of sp³-hybridized carbons (Fsp3) is 0.235. The number of halogens is 3. The fourth-order valence-electron chi connectivity index (χ4n) is 2.88. The molecule has 6 nitrogen and oxygen atoms in total. The summed E-state index contributed by atoms with van der Waals surface area (Å²) in [5.41, 5.74) is -0.604. The molecule has 0 spiro atoms. The Hall–Kier alpha value is -3.10. The van der Waals surface area contributed by atoms with Gasteiger partial charge < -0.3 is 13.8 Å². The highest BCUT2D eigenvalue weighted by Gasteiger charge is 2.36. The van der Waals surface area contributed by atoms with Crippen LogP contribution in [0.3, 0.4) is 0 Å². The van der Waals surface area contributed by atoms with Gasteiger partial charge in [0.05, 0.1) is 11.8 Å². The first kappa shape index (κ1) is 16.4. The summed E-state index contributed by atoms with van der Waals surface area (Å²) in [4.78, 5) is 17.8. The molecule has 9 heteroatoms. The molecule has 0 radical (unpaired) electrons. The number of rotatable bonds is 3. The summed E-state index contributed by atoms with van der Waals surface area (Å²) in [6.07, 6.45) is -2.91. The van der Waals surface area contributed by atoms with E-state index in [9.17, 15) is 18.0 Å². The number of anilines is 1. The number of furan rings is 1. The summed E-state index contributed by atoms with van der Waals surface area (Å²) in [7, 11) is 0. The molecule has 134 valence electrons. The van der Waals surface area contributed by atoms with Gasteiger partial charge in [-0.15, -0.1) is 0 Å². The van der Waals surface area contributed by atoms with Crippen LogP contribution in [0.15, 0.2) is 51.6 Å². The third-order valence-corrected chi connectivity index (χ3v) is 4.15. The first-order valence-corrected chi connectivity index (χ1v) is 7.77. The summed E-state index contributed by atoms with van der Waals surface area (Å²) < 4.78 is 49.0. The number of aromatic nitrogens is 2. The van der Waals surface area contributed by atoms with Gasteiger partial charge in [-0.3, -0.25) is 4.79 Å². The topological polar surface area (TPSA) is 72.4 Å². The van der Waals surface area contributed by atoms with Gasteiger partial charge in [-0.1, -0.05) is 11.2 Å². The lowest BCUT2D eigenvalue weighted by Crippen LogP contribution is -2.24. The molecular weight excluding hydrogens is 351 g/mol. The molecule has 1 aliphatic heterocycles. The molecule has 0 saturated carbocycles. The van der Waals surface area contributed by atoms with Gasteiger partial charge in [-0.2, -0.15) is 18.2 Å². The van der Waals surface area contributed by atoms with Crippen LogP contribution >= 0.6 is 0 Å². The van der Waals surface area contributed by atoms with Crippen LogP contribution in [-0.2, 0) is 11.0 Å². The molecule has 3 heterocycles. The van der Waals surface area contributed by atoms with Crippen LogP contribution in [0.2, 0.25) is 0 Å². The van der Waals surface area contributed by atoms with Crippen molar-refractivity contribution in [3.63, 3.8) is 0 Å². The van der Waals surface area contributed by atoms with Crippen molar-refractivity contribution in [2.45, 2.75) is 18.5 Å². The Labute approximate surface area is 145 Å². The van der Waals surface area contributed by atoms with Crippen LogP contribution in [0, 0.1) is 0 Å². The molecular formula is C17H12F3N3O3. The maximum Gasteiger partial charge on any atom is 0.416 e. The summed E-state index contributed by atoms with van der Waals surface area (Å²) in [6, 6.07) is 8.02. The van der Waals surface area contributed by atoms with E-state index in [0.29, 0.717) is 11.6 Å². The Morgan fingerprint density at radius 3 is 2.77 bits per heavy atom. The smallest absolute Gasteiger partial charge is 0.416 e. The van der Waals surface area contributed by atoms with Crippen molar-refractivity contribution in [2.75, 3.05) is 11.4 Å².